The molecule has 0 aliphatic carbocycles. The van der Waals surface area contributed by atoms with Crippen LogP contribution in [-0.2, 0) is 11.2 Å². The third-order valence-electron chi connectivity index (χ3n) is 4.42. The van der Waals surface area contributed by atoms with Gasteiger partial charge in [-0.25, -0.2) is 9.07 Å². The van der Waals surface area contributed by atoms with Crippen molar-refractivity contribution in [3.8, 4) is 5.69 Å². The Labute approximate surface area is 158 Å². The maximum atomic E-state index is 13.1. The Morgan fingerprint density at radius 1 is 1.19 bits per heavy atom. The average Bonchev–Trinajstić information content (AvgIpc) is 2.94. The van der Waals surface area contributed by atoms with E-state index < -0.39 is 0 Å². The zero-order valence-electron chi connectivity index (χ0n) is 15.7. The number of halogens is 1. The topological polar surface area (TPSA) is 46.9 Å². The van der Waals surface area contributed by atoms with Gasteiger partial charge in [-0.1, -0.05) is 19.1 Å². The van der Waals surface area contributed by atoms with E-state index in [0.29, 0.717) is 0 Å². The van der Waals surface area contributed by atoms with Crippen LogP contribution in [0.2, 0.25) is 0 Å². The molecule has 27 heavy (non-hydrogen) atoms. The van der Waals surface area contributed by atoms with Crippen molar-refractivity contribution < 1.29 is 9.18 Å². The van der Waals surface area contributed by atoms with Crippen LogP contribution in [0.25, 0.3) is 11.8 Å². The Kier molecular flexibility index (Phi) is 5.50. The standard InChI is InChI=1S/C22H22FN3O/c1-4-17-6-5-7-19(14-17)24-22(27)13-12-21-15(2)25-26(16(21)3)20-10-8-18(23)9-11-20/h5-14H,4H2,1-3H3,(H,24,27)/b13-12+. The Hall–Kier alpha value is -3.21. The molecule has 0 aliphatic rings. The summed E-state index contributed by atoms with van der Waals surface area (Å²) in [5, 5.41) is 7.38. The molecule has 3 rings (SSSR count). The summed E-state index contributed by atoms with van der Waals surface area (Å²) < 4.78 is 14.9. The molecule has 0 fully saturated rings. The lowest BCUT2D eigenvalue weighted by atomic mass is 10.1. The second-order valence-corrected chi connectivity index (χ2v) is 6.35. The lowest BCUT2D eigenvalue weighted by Gasteiger charge is -2.05. The van der Waals surface area contributed by atoms with Gasteiger partial charge in [-0.2, -0.15) is 5.10 Å². The van der Waals surface area contributed by atoms with Crippen LogP contribution in [0.1, 0.15) is 29.4 Å². The number of carbonyl (C=O) groups is 1. The van der Waals surface area contributed by atoms with E-state index in [2.05, 4.69) is 17.3 Å². The van der Waals surface area contributed by atoms with Crippen LogP contribution >= 0.6 is 0 Å². The first-order chi connectivity index (χ1) is 13.0. The number of carbonyl (C=O) groups excluding carboxylic acids is 1. The molecule has 0 aliphatic heterocycles. The van der Waals surface area contributed by atoms with Gasteiger partial charge in [0.25, 0.3) is 0 Å². The Bertz CT molecular complexity index is 987. The molecule has 1 N–H and O–H groups in total. The Balaban J connectivity index is 1.78. The van der Waals surface area contributed by atoms with Crippen molar-refractivity contribution in [3.63, 3.8) is 0 Å². The van der Waals surface area contributed by atoms with Crippen LogP contribution in [0, 0.1) is 19.7 Å². The van der Waals surface area contributed by atoms with Crippen LogP contribution in [-0.4, -0.2) is 15.7 Å². The van der Waals surface area contributed by atoms with Gasteiger partial charge < -0.3 is 5.32 Å². The van der Waals surface area contributed by atoms with Gasteiger partial charge in [0, 0.05) is 23.0 Å². The zero-order valence-corrected chi connectivity index (χ0v) is 15.7. The van der Waals surface area contributed by atoms with Crippen molar-refractivity contribution in [2.24, 2.45) is 0 Å². The van der Waals surface area contributed by atoms with Crippen LogP contribution in [0.4, 0.5) is 10.1 Å². The van der Waals surface area contributed by atoms with Crippen molar-refractivity contribution in [2.75, 3.05) is 5.32 Å². The second kappa shape index (κ2) is 7.99. The first-order valence-electron chi connectivity index (χ1n) is 8.88. The highest BCUT2D eigenvalue weighted by Crippen LogP contribution is 2.20. The molecule has 1 heterocycles. The first-order valence-corrected chi connectivity index (χ1v) is 8.88. The lowest BCUT2D eigenvalue weighted by Crippen LogP contribution is -2.07. The molecular formula is C22H22FN3O. The van der Waals surface area contributed by atoms with Crippen molar-refractivity contribution in [1.29, 1.82) is 0 Å². The van der Waals surface area contributed by atoms with E-state index in [1.54, 1.807) is 22.9 Å². The van der Waals surface area contributed by atoms with Gasteiger partial charge in [0.15, 0.2) is 0 Å². The summed E-state index contributed by atoms with van der Waals surface area (Å²) in [5.74, 6) is -0.485. The van der Waals surface area contributed by atoms with Gasteiger partial charge in [-0.3, -0.25) is 4.79 Å². The minimum atomic E-state index is -0.288. The molecule has 0 saturated carbocycles. The molecule has 0 unspecified atom stereocenters. The molecule has 3 aromatic rings. The maximum Gasteiger partial charge on any atom is 0.248 e. The molecule has 2 aromatic carbocycles. The minimum Gasteiger partial charge on any atom is -0.323 e. The van der Waals surface area contributed by atoms with E-state index in [9.17, 15) is 9.18 Å². The zero-order chi connectivity index (χ0) is 19.4. The Morgan fingerprint density at radius 3 is 2.63 bits per heavy atom. The van der Waals surface area contributed by atoms with Gasteiger partial charge in [0.1, 0.15) is 5.82 Å². The predicted molar refractivity (Wildman–Crippen MR) is 106 cm³/mol. The minimum absolute atomic E-state index is 0.198. The van der Waals surface area contributed by atoms with Gasteiger partial charge in [-0.15, -0.1) is 0 Å². The highest BCUT2D eigenvalue weighted by atomic mass is 19.1. The van der Waals surface area contributed by atoms with E-state index in [4.69, 9.17) is 0 Å². The normalized spacial score (nSPS) is 11.1. The molecule has 138 valence electrons. The van der Waals surface area contributed by atoms with Crippen LogP contribution in [0.15, 0.2) is 54.6 Å². The first kappa shape index (κ1) is 18.6. The summed E-state index contributed by atoms with van der Waals surface area (Å²) in [6.07, 6.45) is 4.18. The summed E-state index contributed by atoms with van der Waals surface area (Å²) in [7, 11) is 0. The number of aryl methyl sites for hydroxylation is 2. The van der Waals surface area contributed by atoms with Crippen molar-refractivity contribution in [2.45, 2.75) is 27.2 Å². The van der Waals surface area contributed by atoms with Crippen molar-refractivity contribution in [3.05, 3.63) is 82.9 Å². The fourth-order valence-electron chi connectivity index (χ4n) is 2.94. The highest BCUT2D eigenvalue weighted by molar-refractivity contribution is 6.02. The number of hydrogen-bond donors (Lipinski definition) is 1. The molecule has 4 nitrogen and oxygen atoms in total. The SMILES string of the molecule is CCc1cccc(NC(=O)/C=C/c2c(C)nn(-c3ccc(F)cc3)c2C)c1. The van der Waals surface area contributed by atoms with E-state index in [0.717, 1.165) is 34.7 Å². The summed E-state index contributed by atoms with van der Waals surface area (Å²) in [5.41, 5.74) is 5.28. The molecule has 0 atom stereocenters. The fraction of sp³-hybridized carbons (Fsp3) is 0.182. The van der Waals surface area contributed by atoms with Crippen LogP contribution in [0.5, 0.6) is 0 Å². The molecular weight excluding hydrogens is 341 g/mol. The van der Waals surface area contributed by atoms with Crippen LogP contribution in [0.3, 0.4) is 0 Å². The quantitative estimate of drug-likeness (QED) is 0.659. The summed E-state index contributed by atoms with van der Waals surface area (Å²) in [6, 6.07) is 14.0. The summed E-state index contributed by atoms with van der Waals surface area (Å²) in [6.45, 7) is 5.88. The number of nitrogens with zero attached hydrogens (tertiary/aromatic N) is 2. The monoisotopic (exact) mass is 363 g/mol. The van der Waals surface area contributed by atoms with E-state index in [1.807, 2.05) is 38.1 Å². The third kappa shape index (κ3) is 4.31. The van der Waals surface area contributed by atoms with E-state index in [1.165, 1.54) is 23.8 Å². The molecule has 1 aromatic heterocycles. The van der Waals surface area contributed by atoms with Gasteiger partial charge >= 0.3 is 0 Å². The highest BCUT2D eigenvalue weighted by Gasteiger charge is 2.11. The molecule has 0 radical (unpaired) electrons. The number of hydrogen-bond acceptors (Lipinski definition) is 2. The van der Waals surface area contributed by atoms with Gasteiger partial charge in [-0.05, 0) is 68.3 Å². The molecule has 0 saturated heterocycles. The summed E-state index contributed by atoms with van der Waals surface area (Å²) in [4.78, 5) is 12.3. The van der Waals surface area contributed by atoms with E-state index in [-0.39, 0.29) is 11.7 Å². The number of nitrogens with one attached hydrogen (secondary N) is 1. The number of rotatable bonds is 5. The van der Waals surface area contributed by atoms with Gasteiger partial charge in [0.05, 0.1) is 11.4 Å². The third-order valence-corrected chi connectivity index (χ3v) is 4.42. The Morgan fingerprint density at radius 2 is 1.93 bits per heavy atom. The largest absolute Gasteiger partial charge is 0.323 e. The second-order valence-electron chi connectivity index (χ2n) is 6.35. The number of anilines is 1. The van der Waals surface area contributed by atoms with E-state index >= 15 is 0 Å². The smallest absolute Gasteiger partial charge is 0.248 e. The lowest BCUT2D eigenvalue weighted by molar-refractivity contribution is -0.111. The fourth-order valence-corrected chi connectivity index (χ4v) is 2.94. The average molecular weight is 363 g/mol. The number of amides is 1. The number of aromatic nitrogens is 2. The van der Waals surface area contributed by atoms with Crippen molar-refractivity contribution in [1.82, 2.24) is 9.78 Å². The van der Waals surface area contributed by atoms with Crippen LogP contribution < -0.4 is 5.32 Å². The number of benzene rings is 2. The molecule has 5 heteroatoms. The van der Waals surface area contributed by atoms with Crippen molar-refractivity contribution >= 4 is 17.7 Å². The molecule has 0 bridgehead atoms. The summed E-state index contributed by atoms with van der Waals surface area (Å²) >= 11 is 0. The predicted octanol–water partition coefficient (Wildman–Crippen LogP) is 4.84. The maximum absolute atomic E-state index is 13.1. The molecule has 1 amide bonds. The van der Waals surface area contributed by atoms with Gasteiger partial charge in [0.2, 0.25) is 5.91 Å². The molecule has 0 spiro atoms.